The monoisotopic (exact) mass is 339 g/mol. The minimum atomic E-state index is -0.180. The number of halogens is 1. The van der Waals surface area contributed by atoms with E-state index in [1.165, 1.54) is 12.8 Å². The molecule has 4 heteroatoms. The Morgan fingerprint density at radius 3 is 2.32 bits per heavy atom. The molecule has 3 fully saturated rings. The van der Waals surface area contributed by atoms with E-state index in [1.807, 2.05) is 12.4 Å². The van der Waals surface area contributed by atoms with Crippen LogP contribution in [-0.2, 0) is 11.8 Å². The maximum absolute atomic E-state index is 14.2. The molecule has 2 saturated heterocycles. The van der Waals surface area contributed by atoms with Gasteiger partial charge in [0, 0.05) is 35.5 Å². The van der Waals surface area contributed by atoms with Crippen molar-refractivity contribution < 1.29 is 4.39 Å². The fourth-order valence-corrected chi connectivity index (χ4v) is 4.23. The molecule has 1 aliphatic carbocycles. The number of nitrogens with zero attached hydrogens (tertiary/aromatic N) is 3. The lowest BCUT2D eigenvalue weighted by Gasteiger charge is -2.23. The number of hydrogen-bond donors (Lipinski definition) is 0. The van der Waals surface area contributed by atoms with Crippen molar-refractivity contribution >= 4 is 0 Å². The highest BCUT2D eigenvalue weighted by molar-refractivity contribution is 5.62. The second-order valence-electron chi connectivity index (χ2n) is 8.72. The summed E-state index contributed by atoms with van der Waals surface area (Å²) < 4.78 is 14.2. The Labute approximate surface area is 149 Å². The lowest BCUT2D eigenvalue weighted by Crippen LogP contribution is -2.28. The zero-order valence-electron chi connectivity index (χ0n) is 15.5. The minimum absolute atomic E-state index is 0.0838. The average Bonchev–Trinajstić information content (AvgIpc) is 2.96. The van der Waals surface area contributed by atoms with E-state index in [0.717, 1.165) is 40.9 Å². The Kier molecular flexibility index (Phi) is 3.91. The summed E-state index contributed by atoms with van der Waals surface area (Å²) in [7, 11) is 2.21. The van der Waals surface area contributed by atoms with Gasteiger partial charge in [0.05, 0.1) is 0 Å². The molecule has 1 atom stereocenters. The first-order valence-corrected chi connectivity index (χ1v) is 9.15. The zero-order valence-corrected chi connectivity index (χ0v) is 15.5. The highest BCUT2D eigenvalue weighted by atomic mass is 19.1. The number of likely N-dealkylation sites (N-methyl/N-ethyl adjacent to an activating group) is 1. The average molecular weight is 339 g/mol. The normalized spacial score (nSPS) is 25.9. The van der Waals surface area contributed by atoms with Crippen LogP contribution in [0.2, 0.25) is 0 Å². The van der Waals surface area contributed by atoms with Crippen molar-refractivity contribution in [3.8, 4) is 11.1 Å². The third kappa shape index (κ3) is 3.08. The van der Waals surface area contributed by atoms with Gasteiger partial charge in [-0.1, -0.05) is 26.8 Å². The second-order valence-corrected chi connectivity index (χ2v) is 8.72. The van der Waals surface area contributed by atoms with Crippen molar-refractivity contribution in [1.29, 1.82) is 0 Å². The molecular formula is C21H26FN3. The predicted molar refractivity (Wildman–Crippen MR) is 97.9 cm³/mol. The van der Waals surface area contributed by atoms with Crippen LogP contribution < -0.4 is 0 Å². The molecular weight excluding hydrogens is 313 g/mol. The molecule has 0 spiro atoms. The molecule has 3 aliphatic rings. The molecule has 0 radical (unpaired) electrons. The highest BCUT2D eigenvalue weighted by Crippen LogP contribution is 2.45. The summed E-state index contributed by atoms with van der Waals surface area (Å²) in [4.78, 5) is 11.4. The minimum Gasteiger partial charge on any atom is -0.300 e. The largest absolute Gasteiger partial charge is 0.300 e. The Bertz CT molecular complexity index is 773. The maximum atomic E-state index is 14.2. The molecule has 1 aromatic heterocycles. The molecule has 2 aromatic rings. The number of hydrogen-bond acceptors (Lipinski definition) is 3. The van der Waals surface area contributed by atoms with Crippen molar-refractivity contribution in [2.24, 2.45) is 5.92 Å². The van der Waals surface area contributed by atoms with Crippen molar-refractivity contribution in [1.82, 2.24) is 14.9 Å². The van der Waals surface area contributed by atoms with Gasteiger partial charge in [-0.05, 0) is 55.5 Å². The van der Waals surface area contributed by atoms with Crippen molar-refractivity contribution in [2.75, 3.05) is 7.05 Å². The number of aromatic nitrogens is 2. The number of rotatable bonds is 3. The summed E-state index contributed by atoms with van der Waals surface area (Å²) in [6.45, 7) is 6.27. The van der Waals surface area contributed by atoms with E-state index in [0.29, 0.717) is 6.04 Å². The van der Waals surface area contributed by atoms with Crippen molar-refractivity contribution in [2.45, 2.75) is 57.5 Å². The summed E-state index contributed by atoms with van der Waals surface area (Å²) in [5.74, 6) is 1.41. The van der Waals surface area contributed by atoms with Gasteiger partial charge in [-0.15, -0.1) is 0 Å². The summed E-state index contributed by atoms with van der Waals surface area (Å²) >= 11 is 0. The lowest BCUT2D eigenvalue weighted by molar-refractivity contribution is 0.269. The smallest absolute Gasteiger partial charge is 0.133 e. The second kappa shape index (κ2) is 5.87. The fourth-order valence-electron chi connectivity index (χ4n) is 4.23. The van der Waals surface area contributed by atoms with Crippen LogP contribution in [0.25, 0.3) is 11.1 Å². The van der Waals surface area contributed by atoms with Gasteiger partial charge in [-0.3, -0.25) is 4.90 Å². The van der Waals surface area contributed by atoms with Crippen LogP contribution in [0.3, 0.4) is 0 Å². The molecule has 1 saturated carbocycles. The zero-order chi connectivity index (χ0) is 17.8. The van der Waals surface area contributed by atoms with Crippen LogP contribution in [0.1, 0.15) is 45.0 Å². The Balaban J connectivity index is 1.59. The molecule has 3 nitrogen and oxygen atoms in total. The van der Waals surface area contributed by atoms with Crippen molar-refractivity contribution in [3.63, 3.8) is 0 Å². The summed E-state index contributed by atoms with van der Waals surface area (Å²) in [5.41, 5.74) is 2.72. The molecule has 2 aliphatic heterocycles. The van der Waals surface area contributed by atoms with Crippen LogP contribution in [0.4, 0.5) is 4.39 Å². The van der Waals surface area contributed by atoms with E-state index in [1.54, 1.807) is 12.1 Å². The van der Waals surface area contributed by atoms with Gasteiger partial charge in [0.25, 0.3) is 0 Å². The molecule has 0 amide bonds. The van der Waals surface area contributed by atoms with Crippen LogP contribution in [0, 0.1) is 11.7 Å². The highest BCUT2D eigenvalue weighted by Gasteiger charge is 2.48. The summed E-state index contributed by atoms with van der Waals surface area (Å²) in [5, 5.41) is 0. The van der Waals surface area contributed by atoms with Crippen molar-refractivity contribution in [3.05, 3.63) is 47.8 Å². The van der Waals surface area contributed by atoms with Gasteiger partial charge < -0.3 is 0 Å². The van der Waals surface area contributed by atoms with E-state index >= 15 is 0 Å². The number of benzene rings is 1. The molecule has 2 bridgehead atoms. The van der Waals surface area contributed by atoms with Crippen LogP contribution in [-0.4, -0.2) is 34.0 Å². The standard InChI is InChI=1S/C21H26FN3/c1-21(2,3)20-23-11-16(12-24-20)14-5-13(6-17(22)8-14)7-19-15-9-18(10-15)25(19)4/h5-6,8,11-12,15,18-19H,7,9-10H2,1-4H3. The molecule has 0 N–H and O–H groups in total. The first kappa shape index (κ1) is 16.6. The third-order valence-electron chi connectivity index (χ3n) is 5.85. The number of fused-ring (bicyclic) bond motifs is 1. The van der Waals surface area contributed by atoms with Gasteiger partial charge >= 0.3 is 0 Å². The maximum Gasteiger partial charge on any atom is 0.133 e. The Morgan fingerprint density at radius 2 is 1.76 bits per heavy atom. The third-order valence-corrected chi connectivity index (χ3v) is 5.85. The molecule has 132 valence electrons. The van der Waals surface area contributed by atoms with Gasteiger partial charge in [0.2, 0.25) is 0 Å². The molecule has 3 heterocycles. The predicted octanol–water partition coefficient (Wildman–Crippen LogP) is 4.22. The van der Waals surface area contributed by atoms with Gasteiger partial charge in [0.1, 0.15) is 11.6 Å². The SMILES string of the molecule is CN1C2CC(C2)C1Cc1cc(F)cc(-c2cnc(C(C)(C)C)nc2)c1. The lowest BCUT2D eigenvalue weighted by atomic mass is 9.81. The molecule has 1 unspecified atom stereocenters. The van der Waals surface area contributed by atoms with E-state index in [-0.39, 0.29) is 11.2 Å². The van der Waals surface area contributed by atoms with Gasteiger partial charge in [0.15, 0.2) is 0 Å². The van der Waals surface area contributed by atoms with E-state index in [9.17, 15) is 4.39 Å². The van der Waals surface area contributed by atoms with E-state index in [2.05, 4.69) is 48.8 Å². The van der Waals surface area contributed by atoms with Crippen LogP contribution in [0.15, 0.2) is 30.6 Å². The van der Waals surface area contributed by atoms with Gasteiger partial charge in [-0.25, -0.2) is 14.4 Å². The first-order valence-electron chi connectivity index (χ1n) is 9.15. The first-order chi connectivity index (χ1) is 11.8. The van der Waals surface area contributed by atoms with E-state index in [4.69, 9.17) is 0 Å². The van der Waals surface area contributed by atoms with Crippen LogP contribution in [0.5, 0.6) is 0 Å². The van der Waals surface area contributed by atoms with E-state index < -0.39 is 0 Å². The molecule has 1 aromatic carbocycles. The molecule has 5 rings (SSSR count). The van der Waals surface area contributed by atoms with Gasteiger partial charge in [-0.2, -0.15) is 0 Å². The Hall–Kier alpha value is -1.81. The summed E-state index contributed by atoms with van der Waals surface area (Å²) in [6.07, 6.45) is 7.16. The fraction of sp³-hybridized carbons (Fsp3) is 0.524. The summed E-state index contributed by atoms with van der Waals surface area (Å²) in [6, 6.07) is 6.66. The quantitative estimate of drug-likeness (QED) is 0.838. The van der Waals surface area contributed by atoms with Crippen LogP contribution >= 0.6 is 0 Å². The topological polar surface area (TPSA) is 29.0 Å². The Morgan fingerprint density at radius 1 is 1.08 bits per heavy atom. The molecule has 25 heavy (non-hydrogen) atoms.